The predicted octanol–water partition coefficient (Wildman–Crippen LogP) is 2.23. The molecule has 0 fully saturated rings. The third kappa shape index (κ3) is 5.95. The van der Waals surface area contributed by atoms with Crippen molar-refractivity contribution >= 4 is 11.8 Å². The molecule has 0 aliphatic rings. The van der Waals surface area contributed by atoms with Crippen LogP contribution in [0.1, 0.15) is 29.4 Å². The van der Waals surface area contributed by atoms with E-state index in [0.29, 0.717) is 18.4 Å². The average Bonchev–Trinajstić information content (AvgIpc) is 2.61. The van der Waals surface area contributed by atoms with Gasteiger partial charge in [0, 0.05) is 12.2 Å². The maximum atomic E-state index is 13.1. The summed E-state index contributed by atoms with van der Waals surface area (Å²) in [4.78, 5) is 27.5. The van der Waals surface area contributed by atoms with Crippen molar-refractivity contribution in [1.29, 1.82) is 0 Å². The SMILES string of the molecule is C[C@@H](CCc1ccc(F)c(F)c1)NC(=O)CNC(=O)c1ccccn1. The van der Waals surface area contributed by atoms with Crippen molar-refractivity contribution < 1.29 is 18.4 Å². The number of amides is 2. The van der Waals surface area contributed by atoms with Crippen LogP contribution in [0, 0.1) is 11.6 Å². The predicted molar refractivity (Wildman–Crippen MR) is 88.9 cm³/mol. The normalized spacial score (nSPS) is 11.6. The summed E-state index contributed by atoms with van der Waals surface area (Å²) in [6.07, 6.45) is 2.55. The van der Waals surface area contributed by atoms with Crippen molar-refractivity contribution in [2.45, 2.75) is 25.8 Å². The Kier molecular flexibility index (Phi) is 6.56. The second-order valence-electron chi connectivity index (χ2n) is 5.65. The first-order valence-corrected chi connectivity index (χ1v) is 7.88. The van der Waals surface area contributed by atoms with E-state index >= 15 is 0 Å². The number of benzene rings is 1. The molecule has 1 atom stereocenters. The van der Waals surface area contributed by atoms with Crippen LogP contribution < -0.4 is 10.6 Å². The second-order valence-corrected chi connectivity index (χ2v) is 5.65. The Morgan fingerprint density at radius 2 is 1.96 bits per heavy atom. The summed E-state index contributed by atoms with van der Waals surface area (Å²) < 4.78 is 26.0. The zero-order chi connectivity index (χ0) is 18.2. The van der Waals surface area contributed by atoms with E-state index in [1.54, 1.807) is 25.1 Å². The number of nitrogens with one attached hydrogen (secondary N) is 2. The van der Waals surface area contributed by atoms with E-state index in [4.69, 9.17) is 0 Å². The molecule has 2 rings (SSSR count). The number of rotatable bonds is 7. The van der Waals surface area contributed by atoms with Gasteiger partial charge >= 0.3 is 0 Å². The van der Waals surface area contributed by atoms with Crippen LogP contribution >= 0.6 is 0 Å². The van der Waals surface area contributed by atoms with Crippen LogP contribution in [0.25, 0.3) is 0 Å². The molecule has 1 aromatic heterocycles. The Hall–Kier alpha value is -2.83. The molecule has 2 aromatic rings. The molecular weight excluding hydrogens is 328 g/mol. The van der Waals surface area contributed by atoms with Crippen molar-refractivity contribution in [3.05, 3.63) is 65.5 Å². The van der Waals surface area contributed by atoms with Crippen LogP contribution in [0.2, 0.25) is 0 Å². The maximum absolute atomic E-state index is 13.1. The number of nitrogens with zero attached hydrogens (tertiary/aromatic N) is 1. The van der Waals surface area contributed by atoms with Gasteiger partial charge in [-0.15, -0.1) is 0 Å². The smallest absolute Gasteiger partial charge is 0.270 e. The summed E-state index contributed by atoms with van der Waals surface area (Å²) in [6, 6.07) is 8.50. The lowest BCUT2D eigenvalue weighted by atomic mass is 10.1. The topological polar surface area (TPSA) is 71.1 Å². The molecule has 2 amide bonds. The fraction of sp³-hybridized carbons (Fsp3) is 0.278. The molecule has 0 saturated carbocycles. The first kappa shape index (κ1) is 18.5. The molecule has 7 heteroatoms. The lowest BCUT2D eigenvalue weighted by Gasteiger charge is -2.14. The van der Waals surface area contributed by atoms with Gasteiger partial charge in [0.2, 0.25) is 5.91 Å². The van der Waals surface area contributed by atoms with Crippen LogP contribution in [-0.4, -0.2) is 29.4 Å². The summed E-state index contributed by atoms with van der Waals surface area (Å²) in [7, 11) is 0. The van der Waals surface area contributed by atoms with E-state index in [1.165, 1.54) is 12.3 Å². The van der Waals surface area contributed by atoms with Crippen molar-refractivity contribution in [2.75, 3.05) is 6.54 Å². The number of hydrogen-bond donors (Lipinski definition) is 2. The Labute approximate surface area is 144 Å². The third-order valence-corrected chi connectivity index (χ3v) is 3.56. The van der Waals surface area contributed by atoms with Crippen LogP contribution in [0.5, 0.6) is 0 Å². The van der Waals surface area contributed by atoms with E-state index in [2.05, 4.69) is 15.6 Å². The molecule has 5 nitrogen and oxygen atoms in total. The van der Waals surface area contributed by atoms with Gasteiger partial charge in [-0.05, 0) is 49.6 Å². The summed E-state index contributed by atoms with van der Waals surface area (Å²) in [5.41, 5.74) is 0.894. The molecule has 2 N–H and O–H groups in total. The minimum atomic E-state index is -0.883. The number of carbonyl (C=O) groups is 2. The highest BCUT2D eigenvalue weighted by molar-refractivity contribution is 5.94. The number of aryl methyl sites for hydroxylation is 1. The third-order valence-electron chi connectivity index (χ3n) is 3.56. The Balaban J connectivity index is 1.72. The first-order chi connectivity index (χ1) is 12.0. The summed E-state index contributed by atoms with van der Waals surface area (Å²) in [6.45, 7) is 1.64. The van der Waals surface area contributed by atoms with Gasteiger partial charge in [-0.2, -0.15) is 0 Å². The molecule has 0 bridgehead atoms. The van der Waals surface area contributed by atoms with Crippen molar-refractivity contribution in [3.8, 4) is 0 Å². The Bertz CT molecular complexity index is 738. The number of halogens is 2. The van der Waals surface area contributed by atoms with E-state index < -0.39 is 17.5 Å². The van der Waals surface area contributed by atoms with E-state index in [-0.39, 0.29) is 24.2 Å². The summed E-state index contributed by atoms with van der Waals surface area (Å²) in [5.74, 6) is -2.52. The van der Waals surface area contributed by atoms with Gasteiger partial charge in [0.05, 0.1) is 6.54 Å². The highest BCUT2D eigenvalue weighted by Gasteiger charge is 2.11. The van der Waals surface area contributed by atoms with Gasteiger partial charge in [0.1, 0.15) is 5.69 Å². The number of hydrogen-bond acceptors (Lipinski definition) is 3. The average molecular weight is 347 g/mol. The van der Waals surface area contributed by atoms with Gasteiger partial charge < -0.3 is 10.6 Å². The fourth-order valence-corrected chi connectivity index (χ4v) is 2.22. The fourth-order valence-electron chi connectivity index (χ4n) is 2.22. The zero-order valence-electron chi connectivity index (χ0n) is 13.8. The number of pyridine rings is 1. The highest BCUT2D eigenvalue weighted by Crippen LogP contribution is 2.11. The van der Waals surface area contributed by atoms with Gasteiger partial charge in [-0.25, -0.2) is 8.78 Å². The lowest BCUT2D eigenvalue weighted by molar-refractivity contribution is -0.120. The molecule has 1 aromatic carbocycles. The lowest BCUT2D eigenvalue weighted by Crippen LogP contribution is -2.41. The number of aromatic nitrogens is 1. The maximum Gasteiger partial charge on any atom is 0.270 e. The summed E-state index contributed by atoms with van der Waals surface area (Å²) in [5, 5.41) is 5.23. The summed E-state index contributed by atoms with van der Waals surface area (Å²) >= 11 is 0. The first-order valence-electron chi connectivity index (χ1n) is 7.88. The minimum absolute atomic E-state index is 0.162. The van der Waals surface area contributed by atoms with Gasteiger partial charge in [-0.3, -0.25) is 14.6 Å². The Morgan fingerprint density at radius 1 is 1.16 bits per heavy atom. The van der Waals surface area contributed by atoms with E-state index in [1.807, 2.05) is 0 Å². The molecule has 0 unspecified atom stereocenters. The molecule has 0 saturated heterocycles. The van der Waals surface area contributed by atoms with Crippen LogP contribution in [0.4, 0.5) is 8.78 Å². The molecule has 25 heavy (non-hydrogen) atoms. The molecule has 1 heterocycles. The molecule has 0 radical (unpaired) electrons. The Morgan fingerprint density at radius 3 is 2.64 bits per heavy atom. The van der Waals surface area contributed by atoms with Crippen molar-refractivity contribution in [1.82, 2.24) is 15.6 Å². The standard InChI is InChI=1S/C18H19F2N3O2/c1-12(5-6-13-7-8-14(19)15(20)10-13)23-17(24)11-22-18(25)16-4-2-3-9-21-16/h2-4,7-10,12H,5-6,11H2,1H3,(H,22,25)(H,23,24)/t12-/m0/s1. The minimum Gasteiger partial charge on any atom is -0.352 e. The molecular formula is C18H19F2N3O2. The van der Waals surface area contributed by atoms with Crippen LogP contribution in [-0.2, 0) is 11.2 Å². The highest BCUT2D eigenvalue weighted by atomic mass is 19.2. The molecule has 0 aliphatic heterocycles. The van der Waals surface area contributed by atoms with Crippen LogP contribution in [0.3, 0.4) is 0 Å². The van der Waals surface area contributed by atoms with E-state index in [0.717, 1.165) is 12.1 Å². The number of carbonyl (C=O) groups excluding carboxylic acids is 2. The quantitative estimate of drug-likeness (QED) is 0.807. The molecule has 0 aliphatic carbocycles. The monoisotopic (exact) mass is 347 g/mol. The van der Waals surface area contributed by atoms with Gasteiger partial charge in [0.25, 0.3) is 5.91 Å². The van der Waals surface area contributed by atoms with Gasteiger partial charge in [-0.1, -0.05) is 12.1 Å². The second kappa shape index (κ2) is 8.86. The molecule has 132 valence electrons. The largest absolute Gasteiger partial charge is 0.352 e. The van der Waals surface area contributed by atoms with Crippen molar-refractivity contribution in [3.63, 3.8) is 0 Å². The van der Waals surface area contributed by atoms with Gasteiger partial charge in [0.15, 0.2) is 11.6 Å². The van der Waals surface area contributed by atoms with Crippen molar-refractivity contribution in [2.24, 2.45) is 0 Å². The zero-order valence-corrected chi connectivity index (χ0v) is 13.8. The molecule has 0 spiro atoms. The van der Waals surface area contributed by atoms with Crippen LogP contribution in [0.15, 0.2) is 42.6 Å². The van der Waals surface area contributed by atoms with E-state index in [9.17, 15) is 18.4 Å².